The Bertz CT molecular complexity index is 871. The van der Waals surface area contributed by atoms with Gasteiger partial charge in [0.15, 0.2) is 0 Å². The van der Waals surface area contributed by atoms with Crippen molar-refractivity contribution in [3.8, 4) is 0 Å². The van der Waals surface area contributed by atoms with Gasteiger partial charge in [-0.1, -0.05) is 41.9 Å². The second kappa shape index (κ2) is 7.39. The van der Waals surface area contributed by atoms with Crippen LogP contribution in [0.25, 0.3) is 10.9 Å². The van der Waals surface area contributed by atoms with Gasteiger partial charge in [-0.3, -0.25) is 5.10 Å². The molecule has 1 unspecified atom stereocenters. The van der Waals surface area contributed by atoms with E-state index in [0.29, 0.717) is 11.6 Å². The van der Waals surface area contributed by atoms with Crippen molar-refractivity contribution < 1.29 is 4.74 Å². The molecule has 0 aliphatic carbocycles. The van der Waals surface area contributed by atoms with E-state index in [2.05, 4.69) is 52.8 Å². The van der Waals surface area contributed by atoms with Gasteiger partial charge in [0.1, 0.15) is 0 Å². The van der Waals surface area contributed by atoms with Gasteiger partial charge in [0.25, 0.3) is 0 Å². The standard InChI is InChI=1S/C21H24ClN3O/c1-15(19-12-18(22)11-16-13-24-25-20(16)19)26-14-21(7-9-23-10-8-21)17-5-3-2-4-6-17/h2-6,11-13,15,23H,7-10,14H2,1H3,(H,24,25). The van der Waals surface area contributed by atoms with Crippen molar-refractivity contribution in [2.45, 2.75) is 31.3 Å². The molecule has 0 bridgehead atoms. The van der Waals surface area contributed by atoms with Crippen LogP contribution in [0.5, 0.6) is 0 Å². The summed E-state index contributed by atoms with van der Waals surface area (Å²) in [4.78, 5) is 0. The fourth-order valence-electron chi connectivity index (χ4n) is 3.96. The summed E-state index contributed by atoms with van der Waals surface area (Å²) in [5, 5.41) is 12.4. The lowest BCUT2D eigenvalue weighted by molar-refractivity contribution is 0.0172. The van der Waals surface area contributed by atoms with Crippen molar-refractivity contribution in [3.63, 3.8) is 0 Å². The third-order valence-corrected chi connectivity index (χ3v) is 5.76. The largest absolute Gasteiger partial charge is 0.373 e. The van der Waals surface area contributed by atoms with Gasteiger partial charge < -0.3 is 10.1 Å². The van der Waals surface area contributed by atoms with E-state index >= 15 is 0 Å². The molecule has 1 atom stereocenters. The molecule has 1 saturated heterocycles. The lowest BCUT2D eigenvalue weighted by Crippen LogP contribution is -2.43. The molecule has 4 nitrogen and oxygen atoms in total. The quantitative estimate of drug-likeness (QED) is 0.690. The number of benzene rings is 2. The summed E-state index contributed by atoms with van der Waals surface area (Å²) in [6.45, 7) is 4.83. The van der Waals surface area contributed by atoms with Gasteiger partial charge >= 0.3 is 0 Å². The first-order valence-electron chi connectivity index (χ1n) is 9.18. The van der Waals surface area contributed by atoms with Gasteiger partial charge in [0.2, 0.25) is 0 Å². The first-order valence-corrected chi connectivity index (χ1v) is 9.56. The zero-order valence-corrected chi connectivity index (χ0v) is 15.7. The predicted molar refractivity (Wildman–Crippen MR) is 106 cm³/mol. The number of nitrogens with one attached hydrogen (secondary N) is 2. The van der Waals surface area contributed by atoms with Crippen LogP contribution >= 0.6 is 11.6 Å². The number of hydrogen-bond donors (Lipinski definition) is 2. The molecule has 0 amide bonds. The zero-order valence-electron chi connectivity index (χ0n) is 15.0. The van der Waals surface area contributed by atoms with Crippen LogP contribution in [0.15, 0.2) is 48.7 Å². The molecule has 2 N–H and O–H groups in total. The van der Waals surface area contributed by atoms with Crippen LogP contribution in [0.4, 0.5) is 0 Å². The van der Waals surface area contributed by atoms with Gasteiger partial charge in [-0.15, -0.1) is 0 Å². The molecule has 2 heterocycles. The average molecular weight is 370 g/mol. The Morgan fingerprint density at radius 2 is 1.96 bits per heavy atom. The molecule has 0 spiro atoms. The van der Waals surface area contributed by atoms with Crippen LogP contribution in [0, 0.1) is 0 Å². The smallest absolute Gasteiger partial charge is 0.0818 e. The Morgan fingerprint density at radius 1 is 1.19 bits per heavy atom. The number of hydrogen-bond acceptors (Lipinski definition) is 3. The minimum absolute atomic E-state index is 0.0620. The second-order valence-corrected chi connectivity index (χ2v) is 7.62. The normalized spacial score (nSPS) is 18.1. The number of H-pyrrole nitrogens is 1. The van der Waals surface area contributed by atoms with Crippen LogP contribution in [0.1, 0.15) is 37.0 Å². The van der Waals surface area contributed by atoms with E-state index < -0.39 is 0 Å². The number of piperidine rings is 1. The Morgan fingerprint density at radius 3 is 2.73 bits per heavy atom. The number of nitrogens with zero attached hydrogens (tertiary/aromatic N) is 1. The third kappa shape index (κ3) is 3.37. The molecular formula is C21H24ClN3O. The lowest BCUT2D eigenvalue weighted by Gasteiger charge is -2.38. The van der Waals surface area contributed by atoms with Crippen molar-refractivity contribution in [2.75, 3.05) is 19.7 Å². The second-order valence-electron chi connectivity index (χ2n) is 7.18. The molecular weight excluding hydrogens is 346 g/mol. The molecule has 1 aliphatic heterocycles. The summed E-state index contributed by atoms with van der Waals surface area (Å²) >= 11 is 6.29. The highest BCUT2D eigenvalue weighted by Gasteiger charge is 2.34. The van der Waals surface area contributed by atoms with E-state index in [0.717, 1.165) is 42.4 Å². The maximum Gasteiger partial charge on any atom is 0.0818 e. The molecule has 1 aromatic heterocycles. The minimum atomic E-state index is -0.0628. The maximum atomic E-state index is 6.42. The van der Waals surface area contributed by atoms with Crippen molar-refractivity contribution in [3.05, 3.63) is 64.8 Å². The molecule has 5 heteroatoms. The Balaban J connectivity index is 1.58. The Hall–Kier alpha value is -1.88. The molecule has 0 saturated carbocycles. The minimum Gasteiger partial charge on any atom is -0.373 e. The van der Waals surface area contributed by atoms with Crippen molar-refractivity contribution >= 4 is 22.5 Å². The van der Waals surface area contributed by atoms with Gasteiger partial charge in [-0.05, 0) is 50.6 Å². The average Bonchev–Trinajstić information content (AvgIpc) is 3.15. The first kappa shape index (κ1) is 17.5. The highest BCUT2D eigenvalue weighted by Crippen LogP contribution is 2.36. The number of aromatic nitrogens is 2. The summed E-state index contributed by atoms with van der Waals surface area (Å²) in [6.07, 6.45) is 3.90. The van der Waals surface area contributed by atoms with Crippen molar-refractivity contribution in [1.82, 2.24) is 15.5 Å². The molecule has 3 aromatic rings. The van der Waals surface area contributed by atoms with Crippen LogP contribution in [-0.2, 0) is 10.2 Å². The molecule has 4 rings (SSSR count). The highest BCUT2D eigenvalue weighted by molar-refractivity contribution is 6.31. The first-order chi connectivity index (χ1) is 12.7. The van der Waals surface area contributed by atoms with E-state index in [4.69, 9.17) is 16.3 Å². The maximum absolute atomic E-state index is 6.42. The van der Waals surface area contributed by atoms with Crippen LogP contribution in [0.2, 0.25) is 5.02 Å². The zero-order chi connectivity index (χ0) is 18.0. The van der Waals surface area contributed by atoms with E-state index in [-0.39, 0.29) is 11.5 Å². The molecule has 1 aliphatic rings. The molecule has 26 heavy (non-hydrogen) atoms. The SMILES string of the molecule is CC(OCC1(c2ccccc2)CCNCC1)c1cc(Cl)cc2cn[nH]c12. The van der Waals surface area contributed by atoms with Gasteiger partial charge in [0, 0.05) is 21.4 Å². The number of rotatable bonds is 5. The van der Waals surface area contributed by atoms with Crippen LogP contribution < -0.4 is 5.32 Å². The van der Waals surface area contributed by atoms with E-state index in [1.807, 2.05) is 12.1 Å². The summed E-state index contributed by atoms with van der Waals surface area (Å²) in [5.41, 5.74) is 3.49. The predicted octanol–water partition coefficient (Wildman–Crippen LogP) is 4.62. The van der Waals surface area contributed by atoms with Gasteiger partial charge in [-0.2, -0.15) is 5.10 Å². The number of ether oxygens (including phenoxy) is 1. The number of aromatic amines is 1. The molecule has 2 aromatic carbocycles. The fourth-order valence-corrected chi connectivity index (χ4v) is 4.19. The third-order valence-electron chi connectivity index (χ3n) is 5.54. The summed E-state index contributed by atoms with van der Waals surface area (Å²) < 4.78 is 6.42. The van der Waals surface area contributed by atoms with Gasteiger partial charge in [-0.25, -0.2) is 0 Å². The topological polar surface area (TPSA) is 49.9 Å². The van der Waals surface area contributed by atoms with Crippen LogP contribution in [-0.4, -0.2) is 29.9 Å². The lowest BCUT2D eigenvalue weighted by atomic mass is 9.74. The van der Waals surface area contributed by atoms with E-state index in [1.54, 1.807) is 6.20 Å². The summed E-state index contributed by atoms with van der Waals surface area (Å²) in [7, 11) is 0. The Labute approximate surface area is 158 Å². The number of halogens is 1. The molecule has 1 fully saturated rings. The number of fused-ring (bicyclic) bond motifs is 1. The fraction of sp³-hybridized carbons (Fsp3) is 0.381. The van der Waals surface area contributed by atoms with Crippen molar-refractivity contribution in [2.24, 2.45) is 0 Å². The monoisotopic (exact) mass is 369 g/mol. The van der Waals surface area contributed by atoms with Crippen molar-refractivity contribution in [1.29, 1.82) is 0 Å². The van der Waals surface area contributed by atoms with Gasteiger partial charge in [0.05, 0.1) is 24.4 Å². The molecule has 136 valence electrons. The van der Waals surface area contributed by atoms with Crippen LogP contribution in [0.3, 0.4) is 0 Å². The highest BCUT2D eigenvalue weighted by atomic mass is 35.5. The van der Waals surface area contributed by atoms with E-state index in [1.165, 1.54) is 5.56 Å². The Kier molecular flexibility index (Phi) is 4.98. The van der Waals surface area contributed by atoms with E-state index in [9.17, 15) is 0 Å². The summed E-state index contributed by atoms with van der Waals surface area (Å²) in [5.74, 6) is 0. The molecule has 0 radical (unpaired) electrons. The summed E-state index contributed by atoms with van der Waals surface area (Å²) in [6, 6.07) is 14.7.